The van der Waals surface area contributed by atoms with E-state index in [0.717, 1.165) is 11.3 Å². The maximum absolute atomic E-state index is 12.5. The Labute approximate surface area is 144 Å². The number of carbonyl (C=O) groups excluding carboxylic acids is 1. The number of sulfone groups is 1. The normalized spacial score (nSPS) is 18.7. The Hall–Kier alpha value is -1.56. The third-order valence-corrected chi connectivity index (χ3v) is 7.35. The van der Waals surface area contributed by atoms with Crippen molar-refractivity contribution in [1.29, 1.82) is 0 Å². The highest BCUT2D eigenvalue weighted by atomic mass is 32.2. The lowest BCUT2D eigenvalue weighted by atomic mass is 10.1. The van der Waals surface area contributed by atoms with Gasteiger partial charge in [-0.3, -0.25) is 4.79 Å². The van der Waals surface area contributed by atoms with Gasteiger partial charge in [-0.25, -0.2) is 8.42 Å². The van der Waals surface area contributed by atoms with Gasteiger partial charge in [0.2, 0.25) is 5.91 Å². The largest absolute Gasteiger partial charge is 0.494 e. The molecular weight excluding hydrogens is 326 g/mol. The molecule has 0 aliphatic carbocycles. The monoisotopic (exact) mass is 353 g/mol. The van der Waals surface area contributed by atoms with Crippen LogP contribution in [0.2, 0.25) is 0 Å². The van der Waals surface area contributed by atoms with Crippen molar-refractivity contribution in [3.63, 3.8) is 0 Å². The van der Waals surface area contributed by atoms with Gasteiger partial charge in [-0.1, -0.05) is 12.1 Å². The smallest absolute Gasteiger partial charge is 0.227 e. The highest BCUT2D eigenvalue weighted by molar-refractivity contribution is 7.93. The van der Waals surface area contributed by atoms with Crippen LogP contribution in [0.3, 0.4) is 0 Å². The summed E-state index contributed by atoms with van der Waals surface area (Å²) in [4.78, 5) is 14.1. The lowest BCUT2D eigenvalue weighted by Gasteiger charge is -2.24. The van der Waals surface area contributed by atoms with E-state index in [9.17, 15) is 13.2 Å². The molecule has 0 bridgehead atoms. The van der Waals surface area contributed by atoms with E-state index < -0.39 is 19.8 Å². The van der Waals surface area contributed by atoms with Crippen LogP contribution in [0.15, 0.2) is 24.3 Å². The molecule has 0 saturated carbocycles. The van der Waals surface area contributed by atoms with E-state index in [0.29, 0.717) is 26.1 Å². The fourth-order valence-corrected chi connectivity index (χ4v) is 4.66. The van der Waals surface area contributed by atoms with Crippen LogP contribution in [0, 0.1) is 0 Å². The summed E-state index contributed by atoms with van der Waals surface area (Å²) < 4.78 is 29.7. The summed E-state index contributed by atoms with van der Waals surface area (Å²) in [6.45, 7) is 8.49. The molecule has 2 rings (SSSR count). The third-order valence-electron chi connectivity index (χ3n) is 4.38. The van der Waals surface area contributed by atoms with Crippen LogP contribution >= 0.6 is 0 Å². The zero-order valence-corrected chi connectivity index (χ0v) is 15.7. The van der Waals surface area contributed by atoms with E-state index in [2.05, 4.69) is 0 Å². The Morgan fingerprint density at radius 2 is 1.88 bits per heavy atom. The number of benzene rings is 1. The Morgan fingerprint density at radius 1 is 1.25 bits per heavy atom. The number of likely N-dealkylation sites (tertiary alicyclic amines) is 1. The van der Waals surface area contributed by atoms with Crippen molar-refractivity contribution in [2.75, 3.05) is 19.7 Å². The zero-order valence-electron chi connectivity index (χ0n) is 14.9. The molecule has 0 spiro atoms. The van der Waals surface area contributed by atoms with Gasteiger partial charge in [-0.2, -0.15) is 0 Å². The second kappa shape index (κ2) is 7.13. The Balaban J connectivity index is 1.97. The van der Waals surface area contributed by atoms with Gasteiger partial charge in [-0.15, -0.1) is 0 Å². The summed E-state index contributed by atoms with van der Waals surface area (Å²) in [7, 11) is -3.24. The molecule has 0 aromatic heterocycles. The molecule has 1 fully saturated rings. The zero-order chi connectivity index (χ0) is 18.0. The fourth-order valence-electron chi connectivity index (χ4n) is 2.86. The minimum atomic E-state index is -3.24. The topological polar surface area (TPSA) is 63.7 Å². The first kappa shape index (κ1) is 18.8. The van der Waals surface area contributed by atoms with Crippen molar-refractivity contribution in [1.82, 2.24) is 4.90 Å². The van der Waals surface area contributed by atoms with Crippen molar-refractivity contribution in [3.05, 3.63) is 29.8 Å². The molecule has 1 aliphatic heterocycles. The third kappa shape index (κ3) is 4.09. The summed E-state index contributed by atoms with van der Waals surface area (Å²) in [5.41, 5.74) is 0.908. The number of rotatable bonds is 5. The molecule has 1 heterocycles. The number of carbonyl (C=O) groups is 1. The van der Waals surface area contributed by atoms with Gasteiger partial charge in [0.1, 0.15) is 5.75 Å². The Bertz CT molecular complexity index is 674. The molecule has 1 saturated heterocycles. The molecule has 0 radical (unpaired) electrons. The first-order chi connectivity index (χ1) is 11.1. The van der Waals surface area contributed by atoms with Crippen molar-refractivity contribution < 1.29 is 17.9 Å². The van der Waals surface area contributed by atoms with E-state index in [1.165, 1.54) is 0 Å². The molecule has 24 heavy (non-hydrogen) atoms. The average Bonchev–Trinajstić information content (AvgIpc) is 2.99. The van der Waals surface area contributed by atoms with E-state index in [1.807, 2.05) is 31.2 Å². The molecular formula is C18H27NO4S. The van der Waals surface area contributed by atoms with Crippen LogP contribution in [0.25, 0.3) is 0 Å². The summed E-state index contributed by atoms with van der Waals surface area (Å²) in [6, 6.07) is 7.45. The Kier molecular flexibility index (Phi) is 5.58. The predicted octanol–water partition coefficient (Wildman–Crippen LogP) is 2.44. The molecule has 1 aliphatic rings. The lowest BCUT2D eigenvalue weighted by molar-refractivity contribution is -0.129. The lowest BCUT2D eigenvalue weighted by Crippen LogP contribution is -2.40. The molecule has 1 amide bonds. The highest BCUT2D eigenvalue weighted by Gasteiger charge is 2.41. The number of hydrogen-bond acceptors (Lipinski definition) is 4. The van der Waals surface area contributed by atoms with Crippen LogP contribution in [-0.2, 0) is 21.1 Å². The van der Waals surface area contributed by atoms with Gasteiger partial charge in [0.15, 0.2) is 9.84 Å². The number of hydrogen-bond donors (Lipinski definition) is 0. The summed E-state index contributed by atoms with van der Waals surface area (Å²) in [5.74, 6) is 0.761. The van der Waals surface area contributed by atoms with E-state index in [-0.39, 0.29) is 12.3 Å². The fraction of sp³-hybridized carbons (Fsp3) is 0.611. The molecule has 6 heteroatoms. The maximum atomic E-state index is 12.5. The second-order valence-electron chi connectivity index (χ2n) is 7.16. The Morgan fingerprint density at radius 3 is 2.42 bits per heavy atom. The first-order valence-electron chi connectivity index (χ1n) is 8.38. The van der Waals surface area contributed by atoms with Crippen LogP contribution in [-0.4, -0.2) is 48.9 Å². The molecule has 1 aromatic rings. The van der Waals surface area contributed by atoms with Crippen LogP contribution < -0.4 is 4.74 Å². The van der Waals surface area contributed by atoms with Crippen LogP contribution in [0.4, 0.5) is 0 Å². The minimum Gasteiger partial charge on any atom is -0.494 e. The molecule has 1 aromatic carbocycles. The van der Waals surface area contributed by atoms with E-state index in [4.69, 9.17) is 4.74 Å². The number of amides is 1. The first-order valence-corrected chi connectivity index (χ1v) is 9.92. The van der Waals surface area contributed by atoms with Gasteiger partial charge < -0.3 is 9.64 Å². The number of ether oxygens (including phenoxy) is 1. The minimum absolute atomic E-state index is 0.0224. The second-order valence-corrected chi connectivity index (χ2v) is 10.1. The molecule has 5 nitrogen and oxygen atoms in total. The van der Waals surface area contributed by atoms with Gasteiger partial charge in [-0.05, 0) is 51.8 Å². The van der Waals surface area contributed by atoms with E-state index in [1.54, 1.807) is 25.7 Å². The molecule has 0 unspecified atom stereocenters. The SMILES string of the molecule is CCOc1ccc(CC(=O)N2CC[C@@H](S(=O)(=O)C(C)(C)C)C2)cc1. The van der Waals surface area contributed by atoms with Crippen molar-refractivity contribution in [2.24, 2.45) is 0 Å². The molecule has 134 valence electrons. The summed E-state index contributed by atoms with van der Waals surface area (Å²) in [5, 5.41) is -0.457. The van der Waals surface area contributed by atoms with Gasteiger partial charge in [0.05, 0.1) is 23.0 Å². The standard InChI is InChI=1S/C18H27NO4S/c1-5-23-15-8-6-14(7-9-15)12-17(20)19-11-10-16(13-19)24(21,22)18(2,3)4/h6-9,16H,5,10-13H2,1-4H3/t16-/m1/s1. The quantitative estimate of drug-likeness (QED) is 0.816. The van der Waals surface area contributed by atoms with Crippen molar-refractivity contribution in [3.8, 4) is 5.75 Å². The van der Waals surface area contributed by atoms with Crippen LogP contribution in [0.5, 0.6) is 5.75 Å². The van der Waals surface area contributed by atoms with Crippen molar-refractivity contribution >= 4 is 15.7 Å². The van der Waals surface area contributed by atoms with Gasteiger partial charge >= 0.3 is 0 Å². The highest BCUT2D eigenvalue weighted by Crippen LogP contribution is 2.27. The number of nitrogens with zero attached hydrogens (tertiary/aromatic N) is 1. The van der Waals surface area contributed by atoms with Crippen molar-refractivity contribution in [2.45, 2.75) is 50.5 Å². The maximum Gasteiger partial charge on any atom is 0.227 e. The summed E-state index contributed by atoms with van der Waals surface area (Å²) >= 11 is 0. The van der Waals surface area contributed by atoms with Gasteiger partial charge in [0, 0.05) is 13.1 Å². The summed E-state index contributed by atoms with van der Waals surface area (Å²) in [6.07, 6.45) is 0.809. The van der Waals surface area contributed by atoms with Gasteiger partial charge in [0.25, 0.3) is 0 Å². The average molecular weight is 353 g/mol. The van der Waals surface area contributed by atoms with E-state index >= 15 is 0 Å². The molecule has 0 N–H and O–H groups in total. The predicted molar refractivity (Wildman–Crippen MR) is 95.0 cm³/mol. The molecule has 1 atom stereocenters. The van der Waals surface area contributed by atoms with Crippen LogP contribution in [0.1, 0.15) is 39.7 Å².